The summed E-state index contributed by atoms with van der Waals surface area (Å²) in [4.78, 5) is 23.6. The predicted molar refractivity (Wildman–Crippen MR) is 95.9 cm³/mol. The number of hydrogen-bond donors (Lipinski definition) is 3. The van der Waals surface area contributed by atoms with Crippen LogP contribution in [0.25, 0.3) is 0 Å². The van der Waals surface area contributed by atoms with Gasteiger partial charge in [-0.3, -0.25) is 9.59 Å². The minimum Gasteiger partial charge on any atom is -0.481 e. The minimum atomic E-state index is -0.826. The molecule has 0 aliphatic carbocycles. The van der Waals surface area contributed by atoms with E-state index in [9.17, 15) is 14.7 Å². The number of benzene rings is 1. The highest BCUT2D eigenvalue weighted by Gasteiger charge is 2.27. The van der Waals surface area contributed by atoms with Crippen LogP contribution in [-0.4, -0.2) is 29.3 Å². The van der Waals surface area contributed by atoms with Crippen LogP contribution in [0.5, 0.6) is 0 Å². The van der Waals surface area contributed by atoms with E-state index in [0.717, 1.165) is 12.0 Å². The van der Waals surface area contributed by atoms with Crippen molar-refractivity contribution in [3.8, 4) is 0 Å². The van der Waals surface area contributed by atoms with Crippen LogP contribution in [0.1, 0.15) is 44.6 Å². The Morgan fingerprint density at radius 1 is 1.22 bits per heavy atom. The summed E-state index contributed by atoms with van der Waals surface area (Å²) >= 11 is 4.06. The maximum atomic E-state index is 11.9. The van der Waals surface area contributed by atoms with Crippen molar-refractivity contribution >= 4 is 24.5 Å². The Morgan fingerprint density at radius 3 is 2.39 bits per heavy atom. The first-order valence-corrected chi connectivity index (χ1v) is 8.79. The van der Waals surface area contributed by atoms with Crippen molar-refractivity contribution in [2.75, 3.05) is 12.3 Å². The average molecular weight is 337 g/mol. The molecule has 0 fully saturated rings. The molecule has 0 aliphatic rings. The fraction of sp³-hybridized carbons (Fsp3) is 0.556. The topological polar surface area (TPSA) is 66.4 Å². The van der Waals surface area contributed by atoms with Gasteiger partial charge in [-0.15, -0.1) is 0 Å². The number of nitrogens with one attached hydrogen (secondary N) is 1. The quantitative estimate of drug-likeness (QED) is 0.574. The summed E-state index contributed by atoms with van der Waals surface area (Å²) in [5.74, 6) is -0.982. The van der Waals surface area contributed by atoms with E-state index in [-0.39, 0.29) is 17.7 Å². The SMILES string of the molecule is CCC(CC(CC(C)C(=O)NCCS)C(=O)O)c1ccccc1. The molecule has 0 aromatic heterocycles. The van der Waals surface area contributed by atoms with Gasteiger partial charge in [0.25, 0.3) is 0 Å². The normalized spacial score (nSPS) is 14.7. The van der Waals surface area contributed by atoms with E-state index < -0.39 is 11.9 Å². The Hall–Kier alpha value is -1.49. The smallest absolute Gasteiger partial charge is 0.306 e. The highest BCUT2D eigenvalue weighted by molar-refractivity contribution is 7.80. The molecule has 1 aromatic rings. The maximum absolute atomic E-state index is 11.9. The molecule has 0 heterocycles. The summed E-state index contributed by atoms with van der Waals surface area (Å²) in [5.41, 5.74) is 1.16. The summed E-state index contributed by atoms with van der Waals surface area (Å²) in [5, 5.41) is 12.3. The second-order valence-corrected chi connectivity index (χ2v) is 6.39. The molecule has 128 valence electrons. The molecule has 0 spiro atoms. The molecule has 0 radical (unpaired) electrons. The number of rotatable bonds is 10. The second-order valence-electron chi connectivity index (χ2n) is 5.94. The van der Waals surface area contributed by atoms with Crippen LogP contribution in [0.4, 0.5) is 0 Å². The summed E-state index contributed by atoms with van der Waals surface area (Å²) in [6, 6.07) is 9.98. The molecule has 5 heteroatoms. The number of carbonyl (C=O) groups excluding carboxylic acids is 1. The Balaban J connectivity index is 2.70. The van der Waals surface area contributed by atoms with Crippen LogP contribution in [0.15, 0.2) is 30.3 Å². The van der Waals surface area contributed by atoms with Crippen LogP contribution in [-0.2, 0) is 9.59 Å². The molecule has 2 N–H and O–H groups in total. The molecule has 3 atom stereocenters. The number of hydrogen-bond acceptors (Lipinski definition) is 3. The minimum absolute atomic E-state index is 0.0990. The molecule has 1 rings (SSSR count). The lowest BCUT2D eigenvalue weighted by Crippen LogP contribution is -2.33. The van der Waals surface area contributed by atoms with E-state index in [2.05, 4.69) is 24.9 Å². The molecule has 4 nitrogen and oxygen atoms in total. The summed E-state index contributed by atoms with van der Waals surface area (Å²) in [6.45, 7) is 4.36. The monoisotopic (exact) mass is 337 g/mol. The summed E-state index contributed by atoms with van der Waals surface area (Å²) < 4.78 is 0. The van der Waals surface area contributed by atoms with Gasteiger partial charge in [0.2, 0.25) is 5.91 Å². The van der Waals surface area contributed by atoms with Crippen LogP contribution in [0, 0.1) is 11.8 Å². The zero-order chi connectivity index (χ0) is 17.2. The maximum Gasteiger partial charge on any atom is 0.306 e. The van der Waals surface area contributed by atoms with Crippen molar-refractivity contribution in [1.82, 2.24) is 5.32 Å². The highest BCUT2D eigenvalue weighted by Crippen LogP contribution is 2.30. The largest absolute Gasteiger partial charge is 0.481 e. The molecule has 1 amide bonds. The van der Waals surface area contributed by atoms with Gasteiger partial charge in [-0.2, -0.15) is 12.6 Å². The van der Waals surface area contributed by atoms with Gasteiger partial charge in [0.05, 0.1) is 5.92 Å². The number of carbonyl (C=O) groups is 2. The molecule has 0 saturated heterocycles. The van der Waals surface area contributed by atoms with Crippen LogP contribution < -0.4 is 5.32 Å². The molecule has 0 saturated carbocycles. The van der Waals surface area contributed by atoms with Crippen molar-refractivity contribution in [2.45, 2.75) is 39.0 Å². The third kappa shape index (κ3) is 6.65. The van der Waals surface area contributed by atoms with E-state index in [1.54, 1.807) is 6.92 Å². The van der Waals surface area contributed by atoms with E-state index in [1.165, 1.54) is 0 Å². The Morgan fingerprint density at radius 2 is 1.87 bits per heavy atom. The number of thiol groups is 1. The standard InChI is InChI=1S/C18H27NO3S/c1-3-14(15-7-5-4-6-8-15)12-16(18(21)22)11-13(2)17(20)19-9-10-23/h4-8,13-14,16,23H,3,9-12H2,1-2H3,(H,19,20)(H,21,22). The van der Waals surface area contributed by atoms with Gasteiger partial charge in [-0.25, -0.2) is 0 Å². The van der Waals surface area contributed by atoms with Crippen molar-refractivity contribution in [3.05, 3.63) is 35.9 Å². The Labute approximate surface area is 144 Å². The van der Waals surface area contributed by atoms with Crippen LogP contribution in [0.3, 0.4) is 0 Å². The highest BCUT2D eigenvalue weighted by atomic mass is 32.1. The lowest BCUT2D eigenvalue weighted by molar-refractivity contribution is -0.143. The molecule has 3 unspecified atom stereocenters. The van der Waals surface area contributed by atoms with Gasteiger partial charge in [0.1, 0.15) is 0 Å². The zero-order valence-electron chi connectivity index (χ0n) is 13.9. The van der Waals surface area contributed by atoms with Crippen molar-refractivity contribution in [1.29, 1.82) is 0 Å². The van der Waals surface area contributed by atoms with Crippen molar-refractivity contribution in [3.63, 3.8) is 0 Å². The average Bonchev–Trinajstić information content (AvgIpc) is 2.56. The predicted octanol–water partition coefficient (Wildman–Crippen LogP) is 3.34. The number of carboxylic acids is 1. The molecular weight excluding hydrogens is 310 g/mol. The first kappa shape index (κ1) is 19.6. The first-order chi connectivity index (χ1) is 11.0. The lowest BCUT2D eigenvalue weighted by Gasteiger charge is -2.22. The van der Waals surface area contributed by atoms with Crippen molar-refractivity contribution in [2.24, 2.45) is 11.8 Å². The van der Waals surface area contributed by atoms with Crippen LogP contribution in [0.2, 0.25) is 0 Å². The van der Waals surface area contributed by atoms with Gasteiger partial charge >= 0.3 is 5.97 Å². The lowest BCUT2D eigenvalue weighted by atomic mass is 9.83. The number of amides is 1. The van der Waals surface area contributed by atoms with Crippen molar-refractivity contribution < 1.29 is 14.7 Å². The molecule has 23 heavy (non-hydrogen) atoms. The molecule has 0 bridgehead atoms. The molecule has 0 aliphatic heterocycles. The van der Waals surface area contributed by atoms with Gasteiger partial charge < -0.3 is 10.4 Å². The fourth-order valence-electron chi connectivity index (χ4n) is 2.79. The van der Waals surface area contributed by atoms with E-state index in [1.807, 2.05) is 30.3 Å². The molecule has 1 aromatic carbocycles. The van der Waals surface area contributed by atoms with E-state index in [0.29, 0.717) is 25.1 Å². The van der Waals surface area contributed by atoms with E-state index in [4.69, 9.17) is 0 Å². The third-order valence-electron chi connectivity index (χ3n) is 4.18. The van der Waals surface area contributed by atoms with Gasteiger partial charge in [-0.05, 0) is 30.7 Å². The summed E-state index contributed by atoms with van der Waals surface area (Å²) in [6.07, 6.45) is 1.80. The third-order valence-corrected chi connectivity index (χ3v) is 4.40. The zero-order valence-corrected chi connectivity index (χ0v) is 14.8. The van der Waals surface area contributed by atoms with Gasteiger partial charge in [-0.1, -0.05) is 44.2 Å². The Bertz CT molecular complexity index is 492. The number of aliphatic carboxylic acids is 1. The first-order valence-electron chi connectivity index (χ1n) is 8.15. The fourth-order valence-corrected chi connectivity index (χ4v) is 2.90. The summed E-state index contributed by atoms with van der Waals surface area (Å²) in [7, 11) is 0. The second kappa shape index (κ2) is 10.3. The molecular formula is C18H27NO3S. The number of carboxylic acid groups (broad SMARTS) is 1. The Kier molecular flexibility index (Phi) is 8.77. The van der Waals surface area contributed by atoms with E-state index >= 15 is 0 Å². The van der Waals surface area contributed by atoms with Gasteiger partial charge in [0.15, 0.2) is 0 Å². The van der Waals surface area contributed by atoms with Crippen LogP contribution >= 0.6 is 12.6 Å². The van der Waals surface area contributed by atoms with Gasteiger partial charge in [0, 0.05) is 18.2 Å².